The number of nitrogens with one attached hydrogen (secondary N) is 2. The summed E-state index contributed by atoms with van der Waals surface area (Å²) in [5.74, 6) is -1.64. The van der Waals surface area contributed by atoms with Crippen LogP contribution in [-0.4, -0.2) is 62.2 Å². The molecule has 1 aromatic carbocycles. The monoisotopic (exact) mass is 525 g/mol. The molecule has 2 atom stereocenters. The highest BCUT2D eigenvalue weighted by molar-refractivity contribution is 6.43. The predicted molar refractivity (Wildman–Crippen MR) is 140 cm³/mol. The molecule has 0 saturated carbocycles. The molecule has 2 amide bonds. The summed E-state index contributed by atoms with van der Waals surface area (Å²) in [5.41, 5.74) is 0.698. The van der Waals surface area contributed by atoms with Gasteiger partial charge < -0.3 is 29.9 Å². The summed E-state index contributed by atoms with van der Waals surface area (Å²) in [6.07, 6.45) is 5.75. The average Bonchev–Trinajstić information content (AvgIpc) is 3.49. The van der Waals surface area contributed by atoms with Crippen LogP contribution in [-0.2, 0) is 16.1 Å². The third kappa shape index (κ3) is 6.30. The molecule has 1 aliphatic heterocycles. The van der Waals surface area contributed by atoms with Gasteiger partial charge in [-0.3, -0.25) is 9.59 Å². The van der Waals surface area contributed by atoms with Crippen LogP contribution in [0.5, 0.6) is 0 Å². The number of pyridine rings is 1. The zero-order valence-electron chi connectivity index (χ0n) is 20.6. The van der Waals surface area contributed by atoms with Crippen molar-refractivity contribution in [2.45, 2.75) is 44.7 Å². The van der Waals surface area contributed by atoms with Crippen molar-refractivity contribution < 1.29 is 24.5 Å². The summed E-state index contributed by atoms with van der Waals surface area (Å²) in [6.45, 7) is 3.90. The van der Waals surface area contributed by atoms with Crippen molar-refractivity contribution in [1.29, 1.82) is 0 Å². The first-order valence-electron chi connectivity index (χ1n) is 12.0. The maximum absolute atomic E-state index is 13.5. The van der Waals surface area contributed by atoms with Crippen LogP contribution in [0.4, 0.5) is 0 Å². The first-order valence-corrected chi connectivity index (χ1v) is 12.4. The van der Waals surface area contributed by atoms with E-state index in [0.717, 1.165) is 5.56 Å². The third-order valence-electron chi connectivity index (χ3n) is 6.15. The number of fused-ring (bicyclic) bond motifs is 1. The van der Waals surface area contributed by atoms with Crippen LogP contribution in [0, 0.1) is 5.92 Å². The Balaban J connectivity index is 1.50. The number of hydrogen-bond acceptors (Lipinski definition) is 7. The molecule has 4 N–H and O–H groups in total. The summed E-state index contributed by atoms with van der Waals surface area (Å²) in [6, 6.07) is 10.5. The first kappa shape index (κ1) is 26.7. The molecule has 37 heavy (non-hydrogen) atoms. The lowest BCUT2D eigenvalue weighted by Crippen LogP contribution is -2.56. The van der Waals surface area contributed by atoms with Gasteiger partial charge in [0.1, 0.15) is 5.65 Å². The van der Waals surface area contributed by atoms with Crippen LogP contribution in [0.15, 0.2) is 60.1 Å². The van der Waals surface area contributed by atoms with Crippen LogP contribution < -0.4 is 10.6 Å². The van der Waals surface area contributed by atoms with E-state index >= 15 is 0 Å². The van der Waals surface area contributed by atoms with Crippen LogP contribution in [0.2, 0.25) is 5.02 Å². The topological polar surface area (TPSA) is 138 Å². The standard InChI is InChI=1S/C25H29BClN5O5/c1-16(2)11-21(26(35)36)30-24(34)25(13-17-5-3-6-18(27)12-17)14-19(31-37-25)15-29-23(33)20-7-4-9-32-10-8-28-22(20)32/h3-10,12,16,21,35-36H,11,13-15H2,1-2H3,(H,29,33)(H,30,34)/t21-,25?/m0/s1. The van der Waals surface area contributed by atoms with Gasteiger partial charge in [-0.25, -0.2) is 4.98 Å². The van der Waals surface area contributed by atoms with Gasteiger partial charge in [0.25, 0.3) is 11.8 Å². The van der Waals surface area contributed by atoms with E-state index in [2.05, 4.69) is 20.8 Å². The maximum atomic E-state index is 13.5. The zero-order valence-corrected chi connectivity index (χ0v) is 21.4. The Morgan fingerprint density at radius 3 is 2.78 bits per heavy atom. The van der Waals surface area contributed by atoms with Crippen LogP contribution >= 0.6 is 11.6 Å². The highest BCUT2D eigenvalue weighted by Crippen LogP contribution is 2.30. The number of carbonyl (C=O) groups excluding carboxylic acids is 2. The van der Waals surface area contributed by atoms with Crippen LogP contribution in [0.25, 0.3) is 5.65 Å². The van der Waals surface area contributed by atoms with Gasteiger partial charge in [0.2, 0.25) is 5.60 Å². The van der Waals surface area contributed by atoms with Crippen molar-refractivity contribution in [3.8, 4) is 0 Å². The molecule has 194 valence electrons. The molecule has 4 rings (SSSR count). The Morgan fingerprint density at radius 1 is 1.24 bits per heavy atom. The highest BCUT2D eigenvalue weighted by Gasteiger charge is 2.48. The summed E-state index contributed by atoms with van der Waals surface area (Å²) in [5, 5.41) is 29.8. The van der Waals surface area contributed by atoms with E-state index in [-0.39, 0.29) is 31.2 Å². The van der Waals surface area contributed by atoms with Crippen molar-refractivity contribution in [3.05, 3.63) is 71.1 Å². The van der Waals surface area contributed by atoms with Gasteiger partial charge in [-0.15, -0.1) is 0 Å². The third-order valence-corrected chi connectivity index (χ3v) is 6.39. The van der Waals surface area contributed by atoms with Crippen molar-refractivity contribution in [2.75, 3.05) is 6.54 Å². The van der Waals surface area contributed by atoms with E-state index in [1.165, 1.54) is 0 Å². The smallest absolute Gasteiger partial charge is 0.426 e. The van der Waals surface area contributed by atoms with Gasteiger partial charge in [-0.2, -0.15) is 0 Å². The lowest BCUT2D eigenvalue weighted by atomic mass is 9.74. The number of nitrogens with zero attached hydrogens (tertiary/aromatic N) is 3. The van der Waals surface area contributed by atoms with E-state index in [1.807, 2.05) is 19.9 Å². The van der Waals surface area contributed by atoms with Gasteiger partial charge >= 0.3 is 7.12 Å². The van der Waals surface area contributed by atoms with Crippen LogP contribution in [0.1, 0.15) is 42.6 Å². The number of carbonyl (C=O) groups is 2. The molecule has 2 aromatic heterocycles. The average molecular weight is 526 g/mol. The normalized spacial score (nSPS) is 17.8. The molecule has 10 nitrogen and oxygen atoms in total. The minimum Gasteiger partial charge on any atom is -0.426 e. The van der Waals surface area contributed by atoms with E-state index in [4.69, 9.17) is 16.4 Å². The molecule has 12 heteroatoms. The summed E-state index contributed by atoms with van der Waals surface area (Å²) in [4.78, 5) is 36.3. The number of benzene rings is 1. The van der Waals surface area contributed by atoms with Gasteiger partial charge in [0, 0.05) is 36.5 Å². The highest BCUT2D eigenvalue weighted by atomic mass is 35.5. The molecular weight excluding hydrogens is 497 g/mol. The molecule has 0 aliphatic carbocycles. The van der Waals surface area contributed by atoms with Gasteiger partial charge in [0.05, 0.1) is 23.8 Å². The minimum absolute atomic E-state index is 0.0587. The molecule has 3 aromatic rings. The molecule has 0 spiro atoms. The Bertz CT molecular complexity index is 1310. The number of hydrogen-bond donors (Lipinski definition) is 4. The van der Waals surface area contributed by atoms with E-state index in [0.29, 0.717) is 28.4 Å². The molecule has 0 saturated heterocycles. The fourth-order valence-electron chi connectivity index (χ4n) is 4.38. The van der Waals surface area contributed by atoms with Crippen molar-refractivity contribution >= 4 is 41.9 Å². The fourth-order valence-corrected chi connectivity index (χ4v) is 4.59. The second-order valence-electron chi connectivity index (χ2n) is 9.61. The fraction of sp³-hybridized carbons (Fsp3) is 0.360. The van der Waals surface area contributed by atoms with E-state index in [1.54, 1.807) is 53.3 Å². The van der Waals surface area contributed by atoms with Crippen LogP contribution in [0.3, 0.4) is 0 Å². The second kappa shape index (κ2) is 11.3. The number of aromatic nitrogens is 2. The van der Waals surface area contributed by atoms with Gasteiger partial charge in [-0.1, -0.05) is 42.7 Å². The zero-order chi connectivity index (χ0) is 26.6. The summed E-state index contributed by atoms with van der Waals surface area (Å²) < 4.78 is 1.74. The summed E-state index contributed by atoms with van der Waals surface area (Å²) >= 11 is 6.15. The largest absolute Gasteiger partial charge is 0.475 e. The van der Waals surface area contributed by atoms with E-state index < -0.39 is 24.6 Å². The quantitative estimate of drug-likeness (QED) is 0.299. The Morgan fingerprint density at radius 2 is 2.05 bits per heavy atom. The SMILES string of the molecule is CC(C)C[C@H](NC(=O)C1(Cc2cccc(Cl)c2)CC(CNC(=O)c2cccn3ccnc23)=NO1)B(O)O. The number of amides is 2. The van der Waals surface area contributed by atoms with Crippen molar-refractivity contribution in [3.63, 3.8) is 0 Å². The number of rotatable bonds is 10. The Hall–Kier alpha value is -3.41. The maximum Gasteiger partial charge on any atom is 0.475 e. The van der Waals surface area contributed by atoms with Gasteiger partial charge in [0.15, 0.2) is 0 Å². The lowest BCUT2D eigenvalue weighted by Gasteiger charge is -2.29. The molecule has 1 aliphatic rings. The molecule has 1 unspecified atom stereocenters. The number of oxime groups is 1. The van der Waals surface area contributed by atoms with Gasteiger partial charge in [-0.05, 0) is 42.2 Å². The molecule has 0 fully saturated rings. The number of imidazole rings is 1. The lowest BCUT2D eigenvalue weighted by molar-refractivity contribution is -0.144. The van der Waals surface area contributed by atoms with Crippen molar-refractivity contribution in [2.24, 2.45) is 11.1 Å². The summed E-state index contributed by atoms with van der Waals surface area (Å²) in [7, 11) is -1.74. The van der Waals surface area contributed by atoms with E-state index in [9.17, 15) is 19.6 Å². The molecule has 0 bridgehead atoms. The first-order chi connectivity index (χ1) is 17.7. The Kier molecular flexibility index (Phi) is 8.16. The second-order valence-corrected chi connectivity index (χ2v) is 10.0. The molecule has 3 heterocycles. The van der Waals surface area contributed by atoms with Crippen molar-refractivity contribution in [1.82, 2.24) is 20.0 Å². The molecule has 0 radical (unpaired) electrons. The molecular formula is C25H29BClN5O5. The predicted octanol–water partition coefficient (Wildman–Crippen LogP) is 2.02. The minimum atomic E-state index is -1.74. The Labute approximate surface area is 219 Å². The number of halogens is 1.